The van der Waals surface area contributed by atoms with Gasteiger partial charge in [-0.25, -0.2) is 4.98 Å². The Kier molecular flexibility index (Phi) is 2.64. The smallest absolute Gasteiger partial charge is 0.206 e. The van der Waals surface area contributed by atoms with Crippen LogP contribution >= 0.6 is 11.3 Å². The number of hydrogen-bond acceptors (Lipinski definition) is 4. The predicted molar refractivity (Wildman–Crippen MR) is 72.0 cm³/mol. The van der Waals surface area contributed by atoms with Crippen LogP contribution < -0.4 is 0 Å². The minimum atomic E-state index is -0.00935. The summed E-state index contributed by atoms with van der Waals surface area (Å²) in [7, 11) is 0. The summed E-state index contributed by atoms with van der Waals surface area (Å²) in [5.74, 6) is -0.00935. The van der Waals surface area contributed by atoms with E-state index in [4.69, 9.17) is 0 Å². The van der Waals surface area contributed by atoms with Crippen molar-refractivity contribution in [1.29, 1.82) is 0 Å². The van der Waals surface area contributed by atoms with Gasteiger partial charge in [-0.3, -0.25) is 9.78 Å². The summed E-state index contributed by atoms with van der Waals surface area (Å²) in [4.78, 5) is 21.5. The Morgan fingerprint density at radius 2 is 2.00 bits per heavy atom. The Bertz CT molecular complexity index is 728. The van der Waals surface area contributed by atoms with Gasteiger partial charge in [0.05, 0.1) is 15.4 Å². The number of fused-ring (bicyclic) bond motifs is 1. The largest absolute Gasteiger partial charge is 0.288 e. The first-order chi connectivity index (χ1) is 8.75. The van der Waals surface area contributed by atoms with Crippen molar-refractivity contribution in [3.05, 3.63) is 58.2 Å². The number of para-hydroxylation sites is 1. The van der Waals surface area contributed by atoms with E-state index in [1.54, 1.807) is 12.4 Å². The number of nitrogens with zero attached hydrogens (tertiary/aromatic N) is 2. The molecule has 0 atom stereocenters. The predicted octanol–water partition coefficient (Wildman–Crippen LogP) is 3.23. The lowest BCUT2D eigenvalue weighted by Gasteiger charge is -2.02. The number of aromatic nitrogens is 2. The molecule has 0 amide bonds. The molecule has 2 aromatic heterocycles. The Morgan fingerprint density at radius 1 is 1.17 bits per heavy atom. The molecule has 0 spiro atoms. The summed E-state index contributed by atoms with van der Waals surface area (Å²) in [5.41, 5.74) is 1.38. The maximum absolute atomic E-state index is 12.4. The van der Waals surface area contributed by atoms with E-state index in [-0.39, 0.29) is 5.78 Å². The van der Waals surface area contributed by atoms with Crippen molar-refractivity contribution in [3.63, 3.8) is 0 Å². The molecule has 1 aromatic carbocycles. The molecule has 0 N–H and O–H groups in total. The average Bonchev–Trinajstić information content (AvgIpc) is 2.84. The zero-order valence-corrected chi connectivity index (χ0v) is 10.6. The number of ketones is 1. The average molecular weight is 254 g/mol. The standard InChI is InChI=1S/C14H10N2OS/c1-9-16-8-12(18-9)14(17)11-6-2-4-10-5-3-7-15-13(10)11/h2-8H,1H3. The second-order valence-electron chi connectivity index (χ2n) is 3.95. The molecule has 0 fully saturated rings. The molecule has 0 bridgehead atoms. The van der Waals surface area contributed by atoms with E-state index in [0.717, 1.165) is 15.9 Å². The van der Waals surface area contributed by atoms with Crippen molar-refractivity contribution in [3.8, 4) is 0 Å². The summed E-state index contributed by atoms with van der Waals surface area (Å²) in [6.07, 6.45) is 3.33. The van der Waals surface area contributed by atoms with Crippen LogP contribution in [0.1, 0.15) is 20.2 Å². The van der Waals surface area contributed by atoms with E-state index in [1.165, 1.54) is 11.3 Å². The molecule has 0 saturated heterocycles. The van der Waals surface area contributed by atoms with Crippen molar-refractivity contribution in [2.75, 3.05) is 0 Å². The molecule has 3 aromatic rings. The van der Waals surface area contributed by atoms with Gasteiger partial charge in [0.2, 0.25) is 5.78 Å². The van der Waals surface area contributed by atoms with Crippen LogP contribution in [0.4, 0.5) is 0 Å². The Balaban J connectivity index is 2.17. The topological polar surface area (TPSA) is 42.9 Å². The van der Waals surface area contributed by atoms with E-state index < -0.39 is 0 Å². The number of hydrogen-bond donors (Lipinski definition) is 0. The third kappa shape index (κ3) is 1.80. The van der Waals surface area contributed by atoms with E-state index in [0.29, 0.717) is 10.4 Å². The molecule has 3 nitrogen and oxygen atoms in total. The number of rotatable bonds is 2. The third-order valence-corrected chi connectivity index (χ3v) is 3.63. The summed E-state index contributed by atoms with van der Waals surface area (Å²) in [6.45, 7) is 1.89. The lowest BCUT2D eigenvalue weighted by molar-refractivity contribution is 0.104. The van der Waals surface area contributed by atoms with Gasteiger partial charge in [-0.2, -0.15) is 0 Å². The monoisotopic (exact) mass is 254 g/mol. The Morgan fingerprint density at radius 3 is 2.78 bits per heavy atom. The molecule has 4 heteroatoms. The highest BCUT2D eigenvalue weighted by Gasteiger charge is 2.15. The molecular formula is C14H10N2OS. The van der Waals surface area contributed by atoms with Crippen LogP contribution in [0.15, 0.2) is 42.7 Å². The van der Waals surface area contributed by atoms with E-state index in [9.17, 15) is 4.79 Å². The van der Waals surface area contributed by atoms with E-state index in [2.05, 4.69) is 9.97 Å². The first-order valence-electron chi connectivity index (χ1n) is 5.56. The van der Waals surface area contributed by atoms with Gasteiger partial charge in [0.25, 0.3) is 0 Å². The molecule has 0 unspecified atom stereocenters. The van der Waals surface area contributed by atoms with E-state index >= 15 is 0 Å². The second-order valence-corrected chi connectivity index (χ2v) is 5.19. The number of aryl methyl sites for hydroxylation is 1. The van der Waals surface area contributed by atoms with Gasteiger partial charge in [0, 0.05) is 23.3 Å². The summed E-state index contributed by atoms with van der Waals surface area (Å²) >= 11 is 1.41. The third-order valence-electron chi connectivity index (χ3n) is 2.72. The van der Waals surface area contributed by atoms with Crippen LogP contribution in [-0.4, -0.2) is 15.8 Å². The molecule has 0 aliphatic carbocycles. The van der Waals surface area contributed by atoms with Crippen molar-refractivity contribution < 1.29 is 4.79 Å². The van der Waals surface area contributed by atoms with Gasteiger partial charge in [-0.1, -0.05) is 18.2 Å². The Labute approximate surface area is 108 Å². The van der Waals surface area contributed by atoms with Crippen LogP contribution in [0.2, 0.25) is 0 Å². The van der Waals surface area contributed by atoms with Crippen LogP contribution in [0, 0.1) is 6.92 Å². The number of pyridine rings is 1. The molecule has 18 heavy (non-hydrogen) atoms. The fraction of sp³-hybridized carbons (Fsp3) is 0.0714. The van der Waals surface area contributed by atoms with Gasteiger partial charge >= 0.3 is 0 Å². The zero-order chi connectivity index (χ0) is 12.5. The minimum absolute atomic E-state index is 0.00935. The van der Waals surface area contributed by atoms with Crippen molar-refractivity contribution in [1.82, 2.24) is 9.97 Å². The first kappa shape index (κ1) is 11.0. The number of thiazole rings is 1. The maximum atomic E-state index is 12.4. The normalized spacial score (nSPS) is 10.7. The highest BCUT2D eigenvalue weighted by molar-refractivity contribution is 7.13. The molecule has 3 rings (SSSR count). The quantitative estimate of drug-likeness (QED) is 0.659. The first-order valence-corrected chi connectivity index (χ1v) is 6.38. The van der Waals surface area contributed by atoms with Crippen molar-refractivity contribution in [2.24, 2.45) is 0 Å². The highest BCUT2D eigenvalue weighted by atomic mass is 32.1. The van der Waals surface area contributed by atoms with Gasteiger partial charge in [-0.15, -0.1) is 11.3 Å². The van der Waals surface area contributed by atoms with Gasteiger partial charge in [-0.05, 0) is 19.1 Å². The Hall–Kier alpha value is -2.07. The number of carbonyl (C=O) groups is 1. The highest BCUT2D eigenvalue weighted by Crippen LogP contribution is 2.22. The molecule has 0 aliphatic heterocycles. The molecule has 0 saturated carbocycles. The lowest BCUT2D eigenvalue weighted by Crippen LogP contribution is -2.00. The molecule has 0 radical (unpaired) electrons. The maximum Gasteiger partial charge on any atom is 0.206 e. The minimum Gasteiger partial charge on any atom is -0.288 e. The van der Waals surface area contributed by atoms with Crippen LogP contribution in [0.3, 0.4) is 0 Å². The van der Waals surface area contributed by atoms with Crippen LogP contribution in [0.25, 0.3) is 10.9 Å². The summed E-state index contributed by atoms with van der Waals surface area (Å²) < 4.78 is 0. The SMILES string of the molecule is Cc1ncc(C(=O)c2cccc3cccnc23)s1. The van der Waals surface area contributed by atoms with Gasteiger partial charge in [0.1, 0.15) is 0 Å². The fourth-order valence-corrected chi connectivity index (χ4v) is 2.62. The molecular weight excluding hydrogens is 244 g/mol. The van der Waals surface area contributed by atoms with Gasteiger partial charge < -0.3 is 0 Å². The number of benzene rings is 1. The van der Waals surface area contributed by atoms with Crippen molar-refractivity contribution in [2.45, 2.75) is 6.92 Å². The van der Waals surface area contributed by atoms with Gasteiger partial charge in [0.15, 0.2) is 0 Å². The van der Waals surface area contributed by atoms with Crippen molar-refractivity contribution >= 4 is 28.0 Å². The molecule has 2 heterocycles. The van der Waals surface area contributed by atoms with E-state index in [1.807, 2.05) is 37.3 Å². The van der Waals surface area contributed by atoms with Crippen LogP contribution in [0.5, 0.6) is 0 Å². The molecule has 88 valence electrons. The second kappa shape index (κ2) is 4.31. The zero-order valence-electron chi connectivity index (χ0n) is 9.75. The number of carbonyl (C=O) groups excluding carboxylic acids is 1. The van der Waals surface area contributed by atoms with Crippen LogP contribution in [-0.2, 0) is 0 Å². The molecule has 0 aliphatic rings. The summed E-state index contributed by atoms with van der Waals surface area (Å²) in [6, 6.07) is 9.47. The lowest BCUT2D eigenvalue weighted by atomic mass is 10.1. The fourth-order valence-electron chi connectivity index (χ4n) is 1.89. The summed E-state index contributed by atoms with van der Waals surface area (Å²) in [5, 5.41) is 1.87.